The monoisotopic (exact) mass is 305 g/mol. The van der Waals surface area contributed by atoms with E-state index in [9.17, 15) is 19.7 Å². The summed E-state index contributed by atoms with van der Waals surface area (Å²) in [5.41, 5.74) is -0.799. The third-order valence-corrected chi connectivity index (χ3v) is 4.24. The second-order valence-corrected chi connectivity index (χ2v) is 5.45. The molecular weight excluding hydrogens is 286 g/mol. The average molecular weight is 305 g/mol. The summed E-state index contributed by atoms with van der Waals surface area (Å²) in [5.74, 6) is -1.67. The zero-order chi connectivity index (χ0) is 16.2. The maximum atomic E-state index is 12.5. The molecule has 0 radical (unpaired) electrons. The minimum Gasteiger partial charge on any atom is -0.465 e. The molecule has 22 heavy (non-hydrogen) atoms. The smallest absolute Gasteiger partial charge is 0.320 e. The first-order valence-corrected chi connectivity index (χ1v) is 7.39. The van der Waals surface area contributed by atoms with E-state index in [-0.39, 0.29) is 18.8 Å². The lowest BCUT2D eigenvalue weighted by molar-refractivity contribution is -0.485. The zero-order valence-electron chi connectivity index (χ0n) is 12.5. The Balaban J connectivity index is 2.51. The number of esters is 1. The molecule has 6 heteroatoms. The molecule has 2 atom stereocenters. The van der Waals surface area contributed by atoms with Gasteiger partial charge in [0.15, 0.2) is 5.78 Å². The van der Waals surface area contributed by atoms with E-state index in [0.29, 0.717) is 18.4 Å². The van der Waals surface area contributed by atoms with E-state index in [2.05, 4.69) is 0 Å². The Morgan fingerprint density at radius 2 is 2.09 bits per heavy atom. The van der Waals surface area contributed by atoms with Crippen molar-refractivity contribution in [2.24, 2.45) is 5.41 Å². The Morgan fingerprint density at radius 1 is 1.41 bits per heavy atom. The van der Waals surface area contributed by atoms with Gasteiger partial charge in [-0.05, 0) is 25.3 Å². The van der Waals surface area contributed by atoms with Crippen molar-refractivity contribution in [3.63, 3.8) is 0 Å². The number of carbonyl (C=O) groups excluding carboxylic acids is 2. The van der Waals surface area contributed by atoms with Crippen LogP contribution in [-0.2, 0) is 14.3 Å². The summed E-state index contributed by atoms with van der Waals surface area (Å²) in [7, 11) is 0. The fraction of sp³-hybridized carbons (Fsp3) is 0.500. The fourth-order valence-electron chi connectivity index (χ4n) is 3.26. The van der Waals surface area contributed by atoms with Gasteiger partial charge in [0.25, 0.3) is 0 Å². The number of ketones is 1. The van der Waals surface area contributed by atoms with Crippen molar-refractivity contribution in [2.45, 2.75) is 32.1 Å². The van der Waals surface area contributed by atoms with E-state index in [0.717, 1.165) is 0 Å². The van der Waals surface area contributed by atoms with Gasteiger partial charge in [0.1, 0.15) is 5.41 Å². The molecule has 0 spiro atoms. The lowest BCUT2D eigenvalue weighted by Gasteiger charge is -2.31. The molecule has 1 aromatic rings. The quantitative estimate of drug-likeness (QED) is 0.348. The molecule has 1 aliphatic carbocycles. The molecular formula is C16H19NO5. The van der Waals surface area contributed by atoms with Crippen LogP contribution in [0.4, 0.5) is 0 Å². The Labute approximate surface area is 128 Å². The minimum absolute atomic E-state index is 0.147. The third kappa shape index (κ3) is 2.86. The first kappa shape index (κ1) is 16.1. The van der Waals surface area contributed by atoms with Gasteiger partial charge < -0.3 is 4.74 Å². The van der Waals surface area contributed by atoms with Crippen LogP contribution in [0.1, 0.15) is 37.7 Å². The van der Waals surface area contributed by atoms with Gasteiger partial charge in [-0.2, -0.15) is 0 Å². The van der Waals surface area contributed by atoms with Crippen LogP contribution in [0.3, 0.4) is 0 Å². The lowest BCUT2D eigenvalue weighted by Crippen LogP contribution is -2.44. The highest BCUT2D eigenvalue weighted by molar-refractivity contribution is 6.06. The number of rotatable bonds is 6. The molecule has 0 unspecified atom stereocenters. The summed E-state index contributed by atoms with van der Waals surface area (Å²) in [6.45, 7) is 1.35. The lowest BCUT2D eigenvalue weighted by atomic mass is 9.70. The molecule has 1 aliphatic rings. The van der Waals surface area contributed by atoms with E-state index in [1.54, 1.807) is 37.3 Å². The second kappa shape index (κ2) is 6.68. The Bertz CT molecular complexity index is 571. The van der Waals surface area contributed by atoms with Crippen LogP contribution < -0.4 is 0 Å². The van der Waals surface area contributed by atoms with Crippen molar-refractivity contribution >= 4 is 11.8 Å². The first-order valence-electron chi connectivity index (χ1n) is 7.39. The van der Waals surface area contributed by atoms with Crippen LogP contribution in [0.5, 0.6) is 0 Å². The third-order valence-electron chi connectivity index (χ3n) is 4.24. The van der Waals surface area contributed by atoms with Crippen molar-refractivity contribution in [3.8, 4) is 0 Å². The Morgan fingerprint density at radius 3 is 2.59 bits per heavy atom. The van der Waals surface area contributed by atoms with Gasteiger partial charge in [-0.3, -0.25) is 19.7 Å². The highest BCUT2D eigenvalue weighted by atomic mass is 16.6. The van der Waals surface area contributed by atoms with Crippen LogP contribution >= 0.6 is 0 Å². The molecule has 0 aromatic heterocycles. The molecule has 0 amide bonds. The number of hydrogen-bond donors (Lipinski definition) is 0. The van der Waals surface area contributed by atoms with E-state index in [4.69, 9.17) is 4.74 Å². The summed E-state index contributed by atoms with van der Waals surface area (Å²) in [6.07, 6.45) is 1.12. The normalized spacial score (nSPS) is 22.3. The van der Waals surface area contributed by atoms with Crippen molar-refractivity contribution in [1.29, 1.82) is 0 Å². The molecule has 6 nitrogen and oxygen atoms in total. The summed E-state index contributed by atoms with van der Waals surface area (Å²) >= 11 is 0. The number of Topliss-reactive ketones (excluding diaryl/α,β-unsaturated/α-hetero) is 1. The standard InChI is InChI=1S/C16H19NO5/c1-2-22-15(19)16(10-6-9-14(16)18)13(11-17(20)21)12-7-4-3-5-8-12/h3-5,7-8,13H,2,6,9-11H2,1H3/t13-,16-/m1/s1. The van der Waals surface area contributed by atoms with Gasteiger partial charge >= 0.3 is 5.97 Å². The van der Waals surface area contributed by atoms with Gasteiger partial charge in [-0.25, -0.2) is 0 Å². The molecule has 1 aromatic carbocycles. The highest BCUT2D eigenvalue weighted by Crippen LogP contribution is 2.47. The van der Waals surface area contributed by atoms with Gasteiger partial charge in [-0.1, -0.05) is 30.3 Å². The largest absolute Gasteiger partial charge is 0.465 e. The van der Waals surface area contributed by atoms with E-state index < -0.39 is 28.8 Å². The number of ether oxygens (including phenoxy) is 1. The molecule has 0 saturated heterocycles. The van der Waals surface area contributed by atoms with E-state index in [1.807, 2.05) is 0 Å². The zero-order valence-corrected chi connectivity index (χ0v) is 12.5. The van der Waals surface area contributed by atoms with Crippen LogP contribution in [0.25, 0.3) is 0 Å². The van der Waals surface area contributed by atoms with Crippen LogP contribution in [0.2, 0.25) is 0 Å². The van der Waals surface area contributed by atoms with Crippen molar-refractivity contribution in [3.05, 3.63) is 46.0 Å². The maximum Gasteiger partial charge on any atom is 0.320 e. The molecule has 118 valence electrons. The van der Waals surface area contributed by atoms with Gasteiger partial charge in [0, 0.05) is 11.3 Å². The Kier molecular flexibility index (Phi) is 4.90. The summed E-state index contributed by atoms with van der Waals surface area (Å²) in [5, 5.41) is 11.1. The topological polar surface area (TPSA) is 86.5 Å². The first-order chi connectivity index (χ1) is 10.5. The minimum atomic E-state index is -1.43. The van der Waals surface area contributed by atoms with E-state index in [1.165, 1.54) is 0 Å². The summed E-state index contributed by atoms with van der Waals surface area (Å²) in [6, 6.07) is 8.74. The number of hydrogen-bond acceptors (Lipinski definition) is 5. The van der Waals surface area contributed by atoms with Gasteiger partial charge in [0.05, 0.1) is 12.5 Å². The SMILES string of the molecule is CCOC(=O)[C@@]1([C@H](C[N+](=O)[O-])c2ccccc2)CCCC1=O. The second-order valence-electron chi connectivity index (χ2n) is 5.45. The number of nitrogens with zero attached hydrogens (tertiary/aromatic N) is 1. The van der Waals surface area contributed by atoms with Crippen molar-refractivity contribution in [1.82, 2.24) is 0 Å². The fourth-order valence-corrected chi connectivity index (χ4v) is 3.26. The van der Waals surface area contributed by atoms with Crippen LogP contribution in [-0.4, -0.2) is 29.8 Å². The van der Waals surface area contributed by atoms with Crippen molar-refractivity contribution < 1.29 is 19.2 Å². The van der Waals surface area contributed by atoms with Crippen LogP contribution in [0, 0.1) is 15.5 Å². The molecule has 0 heterocycles. The van der Waals surface area contributed by atoms with Gasteiger partial charge in [0.2, 0.25) is 6.54 Å². The van der Waals surface area contributed by atoms with Gasteiger partial charge in [-0.15, -0.1) is 0 Å². The number of carbonyl (C=O) groups is 2. The molecule has 1 fully saturated rings. The molecule has 0 N–H and O–H groups in total. The average Bonchev–Trinajstić information content (AvgIpc) is 2.88. The van der Waals surface area contributed by atoms with Crippen molar-refractivity contribution in [2.75, 3.05) is 13.2 Å². The summed E-state index contributed by atoms with van der Waals surface area (Å²) in [4.78, 5) is 35.6. The Hall–Kier alpha value is -2.24. The van der Waals surface area contributed by atoms with E-state index >= 15 is 0 Å². The molecule has 2 rings (SSSR count). The molecule has 1 saturated carbocycles. The maximum absolute atomic E-state index is 12.5. The highest BCUT2D eigenvalue weighted by Gasteiger charge is 2.57. The predicted molar refractivity (Wildman–Crippen MR) is 79.0 cm³/mol. The number of nitro groups is 1. The molecule has 0 aliphatic heterocycles. The molecule has 0 bridgehead atoms. The number of benzene rings is 1. The predicted octanol–water partition coefficient (Wildman–Crippen LogP) is 2.35. The summed E-state index contributed by atoms with van der Waals surface area (Å²) < 4.78 is 5.10. The van der Waals surface area contributed by atoms with Crippen LogP contribution in [0.15, 0.2) is 30.3 Å².